The largest absolute Gasteiger partial charge is 0.280 e. The number of aromatic nitrogens is 1. The average molecular weight is 291 g/mol. The molecule has 0 aliphatic rings. The molecule has 0 unspecified atom stereocenters. The Morgan fingerprint density at radius 2 is 1.59 bits per heavy atom. The van der Waals surface area contributed by atoms with Crippen molar-refractivity contribution >= 4 is 16.8 Å². The number of hydrogen-bond acceptors (Lipinski definition) is 1. The number of benzene rings is 2. The van der Waals surface area contributed by atoms with Crippen molar-refractivity contribution < 1.29 is 4.79 Å². The molecule has 0 aliphatic heterocycles. The van der Waals surface area contributed by atoms with E-state index in [0.29, 0.717) is 6.42 Å². The van der Waals surface area contributed by atoms with Crippen LogP contribution < -0.4 is 0 Å². The fraction of sp³-hybridized carbons (Fsp3) is 0.250. The van der Waals surface area contributed by atoms with E-state index < -0.39 is 0 Å². The van der Waals surface area contributed by atoms with Gasteiger partial charge in [-0.05, 0) is 23.1 Å². The van der Waals surface area contributed by atoms with Crippen LogP contribution in [-0.4, -0.2) is 10.5 Å². The SMILES string of the molecule is CC(C)(C)CC(=O)n1c(-c2ccccc2)cc2ccccc21. The smallest absolute Gasteiger partial charge is 0.232 e. The molecule has 22 heavy (non-hydrogen) atoms. The van der Waals surface area contributed by atoms with Gasteiger partial charge >= 0.3 is 0 Å². The first-order valence-corrected chi connectivity index (χ1v) is 7.65. The van der Waals surface area contributed by atoms with E-state index in [1.807, 2.05) is 41.0 Å². The summed E-state index contributed by atoms with van der Waals surface area (Å²) in [5.74, 6) is 0.146. The van der Waals surface area contributed by atoms with Crippen molar-refractivity contribution in [2.24, 2.45) is 5.41 Å². The van der Waals surface area contributed by atoms with Crippen molar-refractivity contribution in [2.45, 2.75) is 27.2 Å². The van der Waals surface area contributed by atoms with Crippen LogP contribution in [0.5, 0.6) is 0 Å². The fourth-order valence-corrected chi connectivity index (χ4v) is 2.78. The van der Waals surface area contributed by atoms with E-state index in [9.17, 15) is 4.79 Å². The Bertz CT molecular complexity index is 807. The van der Waals surface area contributed by atoms with Gasteiger partial charge in [-0.2, -0.15) is 0 Å². The van der Waals surface area contributed by atoms with E-state index in [-0.39, 0.29) is 11.3 Å². The summed E-state index contributed by atoms with van der Waals surface area (Å²) >= 11 is 0. The second kappa shape index (κ2) is 5.45. The van der Waals surface area contributed by atoms with Gasteiger partial charge in [0.05, 0.1) is 11.2 Å². The first kappa shape index (κ1) is 14.6. The molecule has 0 saturated heterocycles. The lowest BCUT2D eigenvalue weighted by Crippen LogP contribution is -2.19. The summed E-state index contributed by atoms with van der Waals surface area (Å²) in [6.07, 6.45) is 0.519. The number of fused-ring (bicyclic) bond motifs is 1. The van der Waals surface area contributed by atoms with E-state index in [0.717, 1.165) is 22.2 Å². The summed E-state index contributed by atoms with van der Waals surface area (Å²) in [5, 5.41) is 1.10. The van der Waals surface area contributed by atoms with Crippen LogP contribution in [0.1, 0.15) is 32.0 Å². The summed E-state index contributed by atoms with van der Waals surface area (Å²) < 4.78 is 1.87. The Morgan fingerprint density at radius 3 is 2.27 bits per heavy atom. The highest BCUT2D eigenvalue weighted by Crippen LogP contribution is 2.30. The predicted molar refractivity (Wildman–Crippen MR) is 92.1 cm³/mol. The molecule has 0 aliphatic carbocycles. The van der Waals surface area contributed by atoms with E-state index in [1.54, 1.807) is 0 Å². The monoisotopic (exact) mass is 291 g/mol. The van der Waals surface area contributed by atoms with Crippen molar-refractivity contribution in [2.75, 3.05) is 0 Å². The summed E-state index contributed by atoms with van der Waals surface area (Å²) in [4.78, 5) is 12.9. The van der Waals surface area contributed by atoms with Gasteiger partial charge in [-0.3, -0.25) is 9.36 Å². The molecule has 0 saturated carbocycles. The topological polar surface area (TPSA) is 22.0 Å². The fourth-order valence-electron chi connectivity index (χ4n) is 2.78. The molecule has 0 atom stereocenters. The highest BCUT2D eigenvalue weighted by Gasteiger charge is 2.21. The maximum atomic E-state index is 12.9. The molecule has 2 aromatic carbocycles. The Hall–Kier alpha value is -2.35. The van der Waals surface area contributed by atoms with Gasteiger partial charge < -0.3 is 0 Å². The summed E-state index contributed by atoms with van der Waals surface area (Å²) in [7, 11) is 0. The molecular formula is C20H21NO. The third-order valence-corrected chi connectivity index (χ3v) is 3.71. The molecule has 112 valence electrons. The Labute approximate surface area is 131 Å². The van der Waals surface area contributed by atoms with E-state index in [1.165, 1.54) is 0 Å². The van der Waals surface area contributed by atoms with Crippen LogP contribution in [0.15, 0.2) is 60.7 Å². The van der Waals surface area contributed by atoms with Crippen molar-refractivity contribution in [3.63, 3.8) is 0 Å². The zero-order chi connectivity index (χ0) is 15.7. The second-order valence-electron chi connectivity index (χ2n) is 6.92. The third kappa shape index (κ3) is 2.82. The average Bonchev–Trinajstić information content (AvgIpc) is 2.86. The molecule has 3 rings (SSSR count). The summed E-state index contributed by atoms with van der Waals surface area (Å²) in [5.41, 5.74) is 2.99. The highest BCUT2D eigenvalue weighted by atomic mass is 16.2. The highest BCUT2D eigenvalue weighted by molar-refractivity contribution is 5.98. The summed E-state index contributed by atoms with van der Waals surface area (Å²) in [6, 6.07) is 20.3. The molecule has 0 fully saturated rings. The van der Waals surface area contributed by atoms with Crippen LogP contribution in [0.4, 0.5) is 0 Å². The van der Waals surface area contributed by atoms with Crippen LogP contribution >= 0.6 is 0 Å². The van der Waals surface area contributed by atoms with Crippen LogP contribution in [0.3, 0.4) is 0 Å². The number of rotatable bonds is 2. The third-order valence-electron chi connectivity index (χ3n) is 3.71. The molecule has 2 heteroatoms. The van der Waals surface area contributed by atoms with Crippen molar-refractivity contribution in [1.82, 2.24) is 4.57 Å². The van der Waals surface area contributed by atoms with E-state index >= 15 is 0 Å². The quantitative estimate of drug-likeness (QED) is 0.621. The number of hydrogen-bond donors (Lipinski definition) is 0. The zero-order valence-electron chi connectivity index (χ0n) is 13.3. The molecule has 0 amide bonds. The Kier molecular flexibility index (Phi) is 3.61. The molecule has 3 aromatic rings. The number of para-hydroxylation sites is 1. The van der Waals surface area contributed by atoms with Gasteiger partial charge in [0.25, 0.3) is 0 Å². The maximum Gasteiger partial charge on any atom is 0.232 e. The van der Waals surface area contributed by atoms with Crippen LogP contribution in [0.2, 0.25) is 0 Å². The second-order valence-corrected chi connectivity index (χ2v) is 6.92. The van der Waals surface area contributed by atoms with Gasteiger partial charge in [-0.25, -0.2) is 0 Å². The number of carbonyl (C=O) groups excluding carboxylic acids is 1. The van der Waals surface area contributed by atoms with Crippen molar-refractivity contribution in [3.8, 4) is 11.3 Å². The molecule has 1 aromatic heterocycles. The Morgan fingerprint density at radius 1 is 0.955 bits per heavy atom. The van der Waals surface area contributed by atoms with Crippen LogP contribution in [0.25, 0.3) is 22.2 Å². The normalized spacial score (nSPS) is 11.8. The first-order chi connectivity index (χ1) is 10.5. The molecule has 0 bridgehead atoms. The van der Waals surface area contributed by atoms with Gasteiger partial charge in [0, 0.05) is 11.8 Å². The van der Waals surface area contributed by atoms with Gasteiger partial charge in [-0.15, -0.1) is 0 Å². The lowest BCUT2D eigenvalue weighted by molar-refractivity contribution is 0.0864. The molecule has 2 nitrogen and oxygen atoms in total. The number of carbonyl (C=O) groups is 1. The minimum Gasteiger partial charge on any atom is -0.280 e. The van der Waals surface area contributed by atoms with Gasteiger partial charge in [0.15, 0.2) is 0 Å². The first-order valence-electron chi connectivity index (χ1n) is 7.65. The molecule has 0 radical (unpaired) electrons. The maximum absolute atomic E-state index is 12.9. The van der Waals surface area contributed by atoms with E-state index in [4.69, 9.17) is 0 Å². The molecule has 1 heterocycles. The van der Waals surface area contributed by atoms with E-state index in [2.05, 4.69) is 45.0 Å². The van der Waals surface area contributed by atoms with Crippen LogP contribution in [-0.2, 0) is 0 Å². The number of nitrogens with zero attached hydrogens (tertiary/aromatic N) is 1. The lowest BCUT2D eigenvalue weighted by Gasteiger charge is -2.19. The van der Waals surface area contributed by atoms with Gasteiger partial charge in [0.2, 0.25) is 5.91 Å². The molecule has 0 spiro atoms. The Balaban J connectivity index is 2.20. The van der Waals surface area contributed by atoms with Gasteiger partial charge in [-0.1, -0.05) is 69.3 Å². The lowest BCUT2D eigenvalue weighted by atomic mass is 9.92. The molecule has 0 N–H and O–H groups in total. The molecular weight excluding hydrogens is 270 g/mol. The summed E-state index contributed by atoms with van der Waals surface area (Å²) in [6.45, 7) is 6.29. The zero-order valence-corrected chi connectivity index (χ0v) is 13.3. The van der Waals surface area contributed by atoms with Gasteiger partial charge in [0.1, 0.15) is 0 Å². The standard InChI is InChI=1S/C20H21NO/c1-20(2,3)14-19(22)21-17-12-8-7-11-16(17)13-18(21)15-9-5-4-6-10-15/h4-13H,14H2,1-3H3. The van der Waals surface area contributed by atoms with Crippen LogP contribution in [0, 0.1) is 5.41 Å². The predicted octanol–water partition coefficient (Wildman–Crippen LogP) is 5.38. The minimum atomic E-state index is -0.0313. The van der Waals surface area contributed by atoms with Crippen molar-refractivity contribution in [1.29, 1.82) is 0 Å². The van der Waals surface area contributed by atoms with Crippen molar-refractivity contribution in [3.05, 3.63) is 60.7 Å². The minimum absolute atomic E-state index is 0.0313.